The normalized spacial score (nSPS) is 11.1. The van der Waals surface area contributed by atoms with Crippen LogP contribution in [0, 0.1) is 0 Å². The lowest BCUT2D eigenvalue weighted by molar-refractivity contribution is -0.114. The van der Waals surface area contributed by atoms with E-state index in [0.717, 1.165) is 5.56 Å². The number of carbonyl (C=O) groups excluding carboxylic acids is 1. The number of nitrogen functional groups attached to an aromatic ring is 1. The molecule has 1 amide bonds. The van der Waals surface area contributed by atoms with Crippen molar-refractivity contribution in [2.45, 2.75) is 13.3 Å². The molecule has 2 aromatic carbocycles. The molecule has 5 N–H and O–H groups in total. The third-order valence-electron chi connectivity index (χ3n) is 4.08. The minimum atomic E-state index is -0.206. The molecule has 0 atom stereocenters. The lowest BCUT2D eigenvalue weighted by Crippen LogP contribution is -2.07. The fourth-order valence-corrected chi connectivity index (χ4v) is 2.94. The second-order valence-electron chi connectivity index (χ2n) is 6.15. The van der Waals surface area contributed by atoms with Gasteiger partial charge in [0.2, 0.25) is 11.9 Å². The molecule has 0 radical (unpaired) electrons. The second-order valence-corrected chi connectivity index (χ2v) is 6.15. The van der Waals surface area contributed by atoms with E-state index in [9.17, 15) is 15.0 Å². The number of fused-ring (bicyclic) bond motifs is 3. The Kier molecular flexibility index (Phi) is 3.76. The summed E-state index contributed by atoms with van der Waals surface area (Å²) in [7, 11) is 0. The first-order chi connectivity index (χ1) is 12.9. The monoisotopic (exact) mass is 364 g/mol. The van der Waals surface area contributed by atoms with Gasteiger partial charge >= 0.3 is 0 Å². The smallest absolute Gasteiger partial charge is 0.240 e. The highest BCUT2D eigenvalue weighted by Gasteiger charge is 2.14. The number of nitrogens with one attached hydrogen (secondary N) is 1. The Morgan fingerprint density at radius 3 is 2.70 bits per heavy atom. The molecule has 0 fully saturated rings. The predicted molar refractivity (Wildman–Crippen MR) is 99.6 cm³/mol. The maximum atomic E-state index is 11.3. The third kappa shape index (κ3) is 3.06. The average Bonchev–Trinajstić information content (AvgIpc) is 3.00. The lowest BCUT2D eigenvalue weighted by Gasteiger charge is -2.09. The van der Waals surface area contributed by atoms with E-state index >= 15 is 0 Å². The maximum Gasteiger partial charge on any atom is 0.240 e. The van der Waals surface area contributed by atoms with Crippen LogP contribution in [0.5, 0.6) is 11.5 Å². The highest BCUT2D eigenvalue weighted by atomic mass is 16.3. The number of anilines is 2. The van der Waals surface area contributed by atoms with Crippen molar-refractivity contribution in [3.05, 3.63) is 47.8 Å². The fraction of sp³-hybridized carbons (Fsp3) is 0.111. The number of aromatic nitrogens is 4. The maximum absolute atomic E-state index is 11.3. The summed E-state index contributed by atoms with van der Waals surface area (Å²) in [6.07, 6.45) is 0.344. The van der Waals surface area contributed by atoms with Crippen molar-refractivity contribution in [2.75, 3.05) is 11.1 Å². The number of nitrogens with zero attached hydrogens (tertiary/aromatic N) is 4. The van der Waals surface area contributed by atoms with Gasteiger partial charge in [-0.3, -0.25) is 4.79 Å². The Hall–Kier alpha value is -3.88. The Morgan fingerprint density at radius 2 is 1.96 bits per heavy atom. The number of nitrogens with two attached hydrogens (primary N) is 1. The topological polar surface area (TPSA) is 139 Å². The molecule has 2 heterocycles. The molecule has 0 saturated heterocycles. The molecular formula is C18H16N6O3. The first-order valence-electron chi connectivity index (χ1n) is 8.14. The number of rotatable bonds is 3. The van der Waals surface area contributed by atoms with Crippen LogP contribution < -0.4 is 11.1 Å². The predicted octanol–water partition coefficient (Wildman–Crippen LogP) is 1.82. The highest BCUT2D eigenvalue weighted by Crippen LogP contribution is 2.27. The fourth-order valence-electron chi connectivity index (χ4n) is 2.94. The molecule has 27 heavy (non-hydrogen) atoms. The van der Waals surface area contributed by atoms with Crippen molar-refractivity contribution >= 4 is 34.1 Å². The molecule has 9 heteroatoms. The average molecular weight is 364 g/mol. The zero-order chi connectivity index (χ0) is 19.1. The van der Waals surface area contributed by atoms with Gasteiger partial charge in [-0.2, -0.15) is 9.50 Å². The second kappa shape index (κ2) is 6.13. The van der Waals surface area contributed by atoms with Gasteiger partial charge in [0, 0.05) is 24.4 Å². The van der Waals surface area contributed by atoms with Gasteiger partial charge in [-0.1, -0.05) is 6.07 Å². The quantitative estimate of drug-likeness (QED) is 0.407. The lowest BCUT2D eigenvalue weighted by atomic mass is 10.1. The van der Waals surface area contributed by atoms with Gasteiger partial charge in [-0.25, -0.2) is 4.98 Å². The van der Waals surface area contributed by atoms with Crippen LogP contribution in [0.15, 0.2) is 36.4 Å². The van der Waals surface area contributed by atoms with E-state index in [1.54, 1.807) is 28.8 Å². The van der Waals surface area contributed by atoms with Crippen molar-refractivity contribution in [1.29, 1.82) is 0 Å². The molecule has 0 aliphatic rings. The van der Waals surface area contributed by atoms with Crippen molar-refractivity contribution in [2.24, 2.45) is 0 Å². The summed E-state index contributed by atoms with van der Waals surface area (Å²) in [5.74, 6) is 0.0969. The van der Waals surface area contributed by atoms with E-state index in [1.807, 2.05) is 0 Å². The molecule has 0 bridgehead atoms. The van der Waals surface area contributed by atoms with E-state index in [0.29, 0.717) is 34.5 Å². The summed E-state index contributed by atoms with van der Waals surface area (Å²) in [5, 5.41) is 26.8. The molecule has 2 aromatic heterocycles. The SMILES string of the molecule is CC(=O)Nc1ccc2nc(Cc3ccc(O)c(O)c3)n3nc(N)nc3c2c1. The van der Waals surface area contributed by atoms with E-state index < -0.39 is 0 Å². The van der Waals surface area contributed by atoms with Gasteiger partial charge in [0.25, 0.3) is 0 Å². The van der Waals surface area contributed by atoms with Gasteiger partial charge < -0.3 is 21.3 Å². The zero-order valence-corrected chi connectivity index (χ0v) is 14.3. The number of hydrogen-bond acceptors (Lipinski definition) is 7. The summed E-state index contributed by atoms with van der Waals surface area (Å²) in [6.45, 7) is 1.43. The van der Waals surface area contributed by atoms with Crippen LogP contribution in [0.25, 0.3) is 16.6 Å². The number of phenols is 2. The molecule has 4 rings (SSSR count). The first kappa shape index (κ1) is 16.6. The number of carbonyl (C=O) groups is 1. The van der Waals surface area contributed by atoms with Crippen LogP contribution in [0.4, 0.5) is 11.6 Å². The van der Waals surface area contributed by atoms with Gasteiger partial charge in [0.1, 0.15) is 5.82 Å². The Bertz CT molecular complexity index is 1200. The largest absolute Gasteiger partial charge is 0.504 e. The highest BCUT2D eigenvalue weighted by molar-refractivity contribution is 5.97. The van der Waals surface area contributed by atoms with Crippen molar-refractivity contribution in [3.63, 3.8) is 0 Å². The molecule has 4 aromatic rings. The van der Waals surface area contributed by atoms with Crippen molar-refractivity contribution in [1.82, 2.24) is 19.6 Å². The van der Waals surface area contributed by atoms with Crippen molar-refractivity contribution in [3.8, 4) is 11.5 Å². The molecular weight excluding hydrogens is 348 g/mol. The summed E-state index contributed by atoms with van der Waals surface area (Å²) in [6, 6.07) is 9.87. The standard InChI is InChI=1S/C18H16N6O3/c1-9(25)20-11-3-4-13-12(8-11)17-22-18(19)23-24(17)16(21-13)7-10-2-5-14(26)15(27)6-10/h2-6,8,26-27H,7H2,1H3,(H2,19,23)(H,20,25). The third-order valence-corrected chi connectivity index (χ3v) is 4.08. The number of amides is 1. The summed E-state index contributed by atoms with van der Waals surface area (Å²) < 4.78 is 1.54. The summed E-state index contributed by atoms with van der Waals surface area (Å²) in [4.78, 5) is 20.2. The molecule has 0 unspecified atom stereocenters. The van der Waals surface area contributed by atoms with Crippen LogP contribution in [-0.4, -0.2) is 35.7 Å². The number of aromatic hydroxyl groups is 2. The van der Waals surface area contributed by atoms with E-state index in [2.05, 4.69) is 20.4 Å². The first-order valence-corrected chi connectivity index (χ1v) is 8.14. The summed E-state index contributed by atoms with van der Waals surface area (Å²) >= 11 is 0. The number of benzene rings is 2. The van der Waals surface area contributed by atoms with Crippen LogP contribution in [-0.2, 0) is 11.2 Å². The molecule has 0 saturated carbocycles. The van der Waals surface area contributed by atoms with Gasteiger partial charge in [0.05, 0.1) is 5.52 Å². The van der Waals surface area contributed by atoms with E-state index in [1.165, 1.54) is 19.1 Å². The van der Waals surface area contributed by atoms with Gasteiger partial charge in [-0.15, -0.1) is 5.10 Å². The van der Waals surface area contributed by atoms with Crippen LogP contribution in [0.3, 0.4) is 0 Å². The van der Waals surface area contributed by atoms with Gasteiger partial charge in [-0.05, 0) is 35.9 Å². The minimum absolute atomic E-state index is 0.101. The minimum Gasteiger partial charge on any atom is -0.504 e. The molecule has 0 spiro atoms. The Balaban J connectivity index is 1.87. The molecule has 136 valence electrons. The number of hydrogen-bond donors (Lipinski definition) is 4. The molecule has 9 nitrogen and oxygen atoms in total. The summed E-state index contributed by atoms with van der Waals surface area (Å²) in [5.41, 5.74) is 8.34. The van der Waals surface area contributed by atoms with Gasteiger partial charge in [0.15, 0.2) is 17.1 Å². The molecule has 0 aliphatic carbocycles. The van der Waals surface area contributed by atoms with Crippen LogP contribution in [0.2, 0.25) is 0 Å². The van der Waals surface area contributed by atoms with E-state index in [4.69, 9.17) is 5.73 Å². The van der Waals surface area contributed by atoms with Crippen LogP contribution in [0.1, 0.15) is 18.3 Å². The zero-order valence-electron chi connectivity index (χ0n) is 14.3. The Labute approximate surface area is 153 Å². The molecule has 0 aliphatic heterocycles. The number of phenolic OH excluding ortho intramolecular Hbond substituents is 2. The van der Waals surface area contributed by atoms with Crippen molar-refractivity contribution < 1.29 is 15.0 Å². The Morgan fingerprint density at radius 1 is 1.15 bits per heavy atom. The van der Waals surface area contributed by atoms with E-state index in [-0.39, 0.29) is 23.4 Å². The van der Waals surface area contributed by atoms with Crippen LogP contribution >= 0.6 is 0 Å².